The van der Waals surface area contributed by atoms with E-state index in [9.17, 15) is 8.42 Å². The first-order chi connectivity index (χ1) is 9.42. The lowest BCUT2D eigenvalue weighted by molar-refractivity contribution is 0.389. The molecule has 2 rings (SSSR count). The molecule has 0 aliphatic rings. The average Bonchev–Trinajstić information content (AvgIpc) is 2.86. The van der Waals surface area contributed by atoms with Crippen molar-refractivity contribution >= 4 is 25.8 Å². The van der Waals surface area contributed by atoms with Crippen molar-refractivity contribution in [2.75, 3.05) is 0 Å². The van der Waals surface area contributed by atoms with E-state index in [-0.39, 0.29) is 11.6 Å². The number of sulfone groups is 1. The maximum atomic E-state index is 12.0. The number of halogens is 1. The Balaban J connectivity index is 2.20. The molecular weight excluding hydrogens is 344 g/mol. The maximum absolute atomic E-state index is 12.0. The van der Waals surface area contributed by atoms with E-state index in [2.05, 4.69) is 26.1 Å². The molecule has 1 heterocycles. The summed E-state index contributed by atoms with van der Waals surface area (Å²) in [4.78, 5) is 4.14. The van der Waals surface area contributed by atoms with Gasteiger partial charge in [-0.15, -0.1) is 0 Å². The molecule has 0 aliphatic heterocycles. The molecule has 108 valence electrons. The Morgan fingerprint density at radius 1 is 1.30 bits per heavy atom. The molecule has 0 fully saturated rings. The van der Waals surface area contributed by atoms with Crippen LogP contribution in [0.1, 0.15) is 26.2 Å². The zero-order valence-electron chi connectivity index (χ0n) is 11.2. The van der Waals surface area contributed by atoms with Crippen LogP contribution < -0.4 is 0 Å². The molecule has 1 aromatic carbocycles. The zero-order chi connectivity index (χ0) is 14.8. The number of hydrogen-bond donors (Lipinski definition) is 0. The van der Waals surface area contributed by atoms with Gasteiger partial charge < -0.3 is 4.52 Å². The van der Waals surface area contributed by atoms with Crippen LogP contribution >= 0.6 is 15.9 Å². The van der Waals surface area contributed by atoms with Gasteiger partial charge in [-0.3, -0.25) is 0 Å². The van der Waals surface area contributed by atoms with Crippen molar-refractivity contribution in [3.63, 3.8) is 0 Å². The summed E-state index contributed by atoms with van der Waals surface area (Å²) < 4.78 is 30.0. The van der Waals surface area contributed by atoms with Crippen LogP contribution in [-0.4, -0.2) is 23.8 Å². The highest BCUT2D eigenvalue weighted by Gasteiger charge is 2.23. The highest BCUT2D eigenvalue weighted by molar-refractivity contribution is 9.10. The average molecular weight is 359 g/mol. The van der Waals surface area contributed by atoms with Crippen molar-refractivity contribution in [1.82, 2.24) is 10.1 Å². The lowest BCUT2D eigenvalue weighted by Gasteiger charge is -2.07. The van der Waals surface area contributed by atoms with Crippen LogP contribution in [0.15, 0.2) is 33.3 Å². The van der Waals surface area contributed by atoms with Gasteiger partial charge in [-0.2, -0.15) is 4.98 Å². The smallest absolute Gasteiger partial charge is 0.242 e. The highest BCUT2D eigenvalue weighted by atomic mass is 79.9. The van der Waals surface area contributed by atoms with Gasteiger partial charge in [-0.05, 0) is 37.6 Å². The second-order valence-electron chi connectivity index (χ2n) is 4.54. The second kappa shape index (κ2) is 6.05. The summed E-state index contributed by atoms with van der Waals surface area (Å²) in [5.41, 5.74) is 0.782. The molecule has 0 saturated heterocycles. The largest absolute Gasteiger partial charge is 0.338 e. The molecule has 1 aromatic heterocycles. The number of nitrogens with zero attached hydrogens (tertiary/aromatic N) is 2. The number of aromatic nitrogens is 2. The van der Waals surface area contributed by atoms with Crippen LogP contribution in [0.5, 0.6) is 0 Å². The first-order valence-electron chi connectivity index (χ1n) is 6.22. The third-order valence-electron chi connectivity index (χ3n) is 3.08. The maximum Gasteiger partial charge on any atom is 0.242 e. The molecule has 0 radical (unpaired) electrons. The van der Waals surface area contributed by atoms with Crippen LogP contribution in [0, 0.1) is 0 Å². The molecule has 5 nitrogen and oxygen atoms in total. The summed E-state index contributed by atoms with van der Waals surface area (Å²) in [5.74, 6) is 0.306. The van der Waals surface area contributed by atoms with Crippen LogP contribution in [0.2, 0.25) is 0 Å². The lowest BCUT2D eigenvalue weighted by atomic mass is 10.2. The summed E-state index contributed by atoms with van der Waals surface area (Å²) in [7, 11) is -3.24. The first kappa shape index (κ1) is 15.2. The van der Waals surface area contributed by atoms with E-state index < -0.39 is 15.1 Å². The molecule has 2 aromatic rings. The Kier molecular flexibility index (Phi) is 4.59. The monoisotopic (exact) mass is 358 g/mol. The Hall–Kier alpha value is -1.21. The first-order valence-corrected chi connectivity index (χ1v) is 8.73. The van der Waals surface area contributed by atoms with E-state index in [1.807, 2.05) is 31.2 Å². The van der Waals surface area contributed by atoms with Gasteiger partial charge >= 0.3 is 0 Å². The Morgan fingerprint density at radius 2 is 1.95 bits per heavy atom. The third-order valence-corrected chi connectivity index (χ3v) is 5.82. The van der Waals surface area contributed by atoms with Gasteiger partial charge in [0.05, 0.1) is 5.25 Å². The Morgan fingerprint density at radius 3 is 2.55 bits per heavy atom. The number of benzene rings is 1. The molecule has 0 bridgehead atoms. The van der Waals surface area contributed by atoms with Gasteiger partial charge in [0.2, 0.25) is 11.7 Å². The standard InChI is InChI=1S/C13H15BrN2O3S/c1-3-9(2)20(17,18)8-12-15-13(16-19-12)10-4-6-11(14)7-5-10/h4-7,9H,3,8H2,1-2H3. The summed E-state index contributed by atoms with van der Waals surface area (Å²) in [6.07, 6.45) is 0.566. The Labute approximate surface area is 126 Å². The van der Waals surface area contributed by atoms with Gasteiger partial charge in [0.15, 0.2) is 9.84 Å². The molecule has 0 saturated carbocycles. The molecule has 0 spiro atoms. The fourth-order valence-corrected chi connectivity index (χ4v) is 3.12. The van der Waals surface area contributed by atoms with Gasteiger partial charge in [0, 0.05) is 10.0 Å². The normalized spacial score (nSPS) is 13.3. The molecule has 0 amide bonds. The van der Waals surface area contributed by atoms with Crippen molar-refractivity contribution in [3.8, 4) is 11.4 Å². The van der Waals surface area contributed by atoms with E-state index in [4.69, 9.17) is 4.52 Å². The summed E-state index contributed by atoms with van der Waals surface area (Å²) in [6, 6.07) is 7.40. The van der Waals surface area contributed by atoms with Crippen molar-refractivity contribution in [3.05, 3.63) is 34.6 Å². The number of rotatable bonds is 5. The SMILES string of the molecule is CCC(C)S(=O)(=O)Cc1nc(-c2ccc(Br)cc2)no1. The quantitative estimate of drug-likeness (QED) is 0.820. The van der Waals surface area contributed by atoms with Gasteiger partial charge in [0.25, 0.3) is 0 Å². The van der Waals surface area contributed by atoms with Crippen molar-refractivity contribution in [2.45, 2.75) is 31.3 Å². The van der Waals surface area contributed by atoms with Gasteiger partial charge in [-0.25, -0.2) is 8.42 Å². The van der Waals surface area contributed by atoms with Crippen LogP contribution in [0.4, 0.5) is 0 Å². The molecule has 20 heavy (non-hydrogen) atoms. The molecule has 1 unspecified atom stereocenters. The van der Waals surface area contributed by atoms with E-state index in [1.165, 1.54) is 0 Å². The van der Waals surface area contributed by atoms with Crippen molar-refractivity contribution in [2.24, 2.45) is 0 Å². The minimum Gasteiger partial charge on any atom is -0.338 e. The van der Waals surface area contributed by atoms with E-state index in [0.717, 1.165) is 10.0 Å². The number of hydrogen-bond acceptors (Lipinski definition) is 5. The minimum absolute atomic E-state index is 0.128. The summed E-state index contributed by atoms with van der Waals surface area (Å²) in [6.45, 7) is 3.52. The van der Waals surface area contributed by atoms with E-state index in [1.54, 1.807) is 6.92 Å². The van der Waals surface area contributed by atoms with Gasteiger partial charge in [0.1, 0.15) is 5.75 Å². The van der Waals surface area contributed by atoms with Gasteiger partial charge in [-0.1, -0.05) is 28.0 Å². The van der Waals surface area contributed by atoms with Crippen LogP contribution in [0.25, 0.3) is 11.4 Å². The Bertz CT molecular complexity index is 680. The van der Waals surface area contributed by atoms with Crippen LogP contribution in [-0.2, 0) is 15.6 Å². The zero-order valence-corrected chi connectivity index (χ0v) is 13.6. The van der Waals surface area contributed by atoms with Crippen molar-refractivity contribution < 1.29 is 12.9 Å². The predicted molar refractivity (Wildman–Crippen MR) is 79.8 cm³/mol. The fraction of sp³-hybridized carbons (Fsp3) is 0.385. The van der Waals surface area contributed by atoms with Crippen molar-refractivity contribution in [1.29, 1.82) is 0 Å². The second-order valence-corrected chi connectivity index (χ2v) is 7.88. The molecule has 0 aliphatic carbocycles. The molecule has 0 N–H and O–H groups in total. The molecule has 7 heteroatoms. The minimum atomic E-state index is -3.24. The fourth-order valence-electron chi connectivity index (χ4n) is 1.60. The predicted octanol–water partition coefficient (Wildman–Crippen LogP) is 3.21. The molecule has 1 atom stereocenters. The summed E-state index contributed by atoms with van der Waals surface area (Å²) >= 11 is 3.34. The van der Waals surface area contributed by atoms with E-state index >= 15 is 0 Å². The third kappa shape index (κ3) is 3.46. The van der Waals surface area contributed by atoms with Crippen LogP contribution in [0.3, 0.4) is 0 Å². The summed E-state index contributed by atoms with van der Waals surface area (Å²) in [5, 5.41) is 3.41. The molecular formula is C13H15BrN2O3S. The highest BCUT2D eigenvalue weighted by Crippen LogP contribution is 2.20. The van der Waals surface area contributed by atoms with E-state index in [0.29, 0.717) is 12.2 Å². The lowest BCUT2D eigenvalue weighted by Crippen LogP contribution is -2.18. The topological polar surface area (TPSA) is 73.1 Å².